The highest BCUT2D eigenvalue weighted by Gasteiger charge is 2.18. The summed E-state index contributed by atoms with van der Waals surface area (Å²) in [6.45, 7) is 0. The number of carbonyl (C=O) groups is 1. The number of nitrogens with two attached hydrogens (primary N) is 1. The van der Waals surface area contributed by atoms with Crippen LogP contribution in [-0.2, 0) is 0 Å². The van der Waals surface area contributed by atoms with Crippen LogP contribution in [0, 0.1) is 5.41 Å². The zero-order valence-corrected chi connectivity index (χ0v) is 9.80. The number of ketones is 1. The zero-order valence-electron chi connectivity index (χ0n) is 9.80. The van der Waals surface area contributed by atoms with E-state index in [1.165, 1.54) is 19.2 Å². The van der Waals surface area contributed by atoms with Crippen molar-refractivity contribution in [2.75, 3.05) is 7.11 Å². The van der Waals surface area contributed by atoms with Crippen LogP contribution in [0.2, 0.25) is 0 Å². The van der Waals surface area contributed by atoms with E-state index >= 15 is 0 Å². The number of rotatable bonds is 5. The summed E-state index contributed by atoms with van der Waals surface area (Å²) < 4.78 is 4.79. The first-order valence-corrected chi connectivity index (χ1v) is 5.08. The van der Waals surface area contributed by atoms with Crippen molar-refractivity contribution in [1.82, 2.24) is 0 Å². The van der Waals surface area contributed by atoms with E-state index in [2.05, 4.69) is 0 Å². The highest BCUT2D eigenvalue weighted by molar-refractivity contribution is 6.03. The molecule has 0 fully saturated rings. The molecule has 5 N–H and O–H groups in total. The number of ether oxygens (including phenoxy) is 1. The SMILES string of the molecule is COc1c(O)ccc(C(=O)C/C(C=N)=C/N)c1O. The van der Waals surface area contributed by atoms with Crippen LogP contribution in [0.25, 0.3) is 0 Å². The van der Waals surface area contributed by atoms with Gasteiger partial charge in [0.25, 0.3) is 0 Å². The lowest BCUT2D eigenvalue weighted by atomic mass is 10.0. The van der Waals surface area contributed by atoms with Crippen LogP contribution in [0.5, 0.6) is 17.2 Å². The van der Waals surface area contributed by atoms with Crippen molar-refractivity contribution < 1.29 is 19.7 Å². The number of phenolic OH excluding ortho intramolecular Hbond substituents is 2. The number of allylic oxidation sites excluding steroid dienone is 1. The van der Waals surface area contributed by atoms with Crippen LogP contribution in [0.15, 0.2) is 23.9 Å². The molecule has 0 atom stereocenters. The van der Waals surface area contributed by atoms with Crippen molar-refractivity contribution in [3.63, 3.8) is 0 Å². The minimum Gasteiger partial charge on any atom is -0.504 e. The van der Waals surface area contributed by atoms with Crippen LogP contribution in [0.3, 0.4) is 0 Å². The molecule has 0 unspecified atom stereocenters. The molecule has 0 aliphatic rings. The molecule has 0 heterocycles. The maximum atomic E-state index is 11.9. The highest BCUT2D eigenvalue weighted by Crippen LogP contribution is 2.38. The number of hydrogen-bond acceptors (Lipinski definition) is 6. The molecule has 1 aromatic carbocycles. The Bertz CT molecular complexity index is 509. The van der Waals surface area contributed by atoms with Crippen molar-refractivity contribution >= 4 is 12.0 Å². The lowest BCUT2D eigenvalue weighted by Crippen LogP contribution is -2.04. The van der Waals surface area contributed by atoms with E-state index in [0.717, 1.165) is 12.4 Å². The summed E-state index contributed by atoms with van der Waals surface area (Å²) in [5.74, 6) is -1.27. The van der Waals surface area contributed by atoms with Gasteiger partial charge in [0.15, 0.2) is 17.3 Å². The largest absolute Gasteiger partial charge is 0.504 e. The normalized spacial score (nSPS) is 11.1. The van der Waals surface area contributed by atoms with Crippen molar-refractivity contribution in [1.29, 1.82) is 5.41 Å². The van der Waals surface area contributed by atoms with Crippen LogP contribution in [0.4, 0.5) is 0 Å². The van der Waals surface area contributed by atoms with E-state index in [0.29, 0.717) is 5.57 Å². The van der Waals surface area contributed by atoms with Crippen molar-refractivity contribution in [2.24, 2.45) is 5.73 Å². The fourth-order valence-corrected chi connectivity index (χ4v) is 1.43. The van der Waals surface area contributed by atoms with Gasteiger partial charge >= 0.3 is 0 Å². The molecular formula is C12H14N2O4. The van der Waals surface area contributed by atoms with Gasteiger partial charge in [0.1, 0.15) is 0 Å². The second-order valence-corrected chi connectivity index (χ2v) is 3.50. The summed E-state index contributed by atoms with van der Waals surface area (Å²) in [5.41, 5.74) is 5.57. The minimum absolute atomic E-state index is 0.00542. The summed E-state index contributed by atoms with van der Waals surface area (Å²) in [6, 6.07) is 2.54. The number of phenols is 2. The summed E-state index contributed by atoms with van der Waals surface area (Å²) in [6.07, 6.45) is 2.01. The maximum absolute atomic E-state index is 11.9. The Morgan fingerprint density at radius 1 is 1.50 bits per heavy atom. The molecule has 6 nitrogen and oxygen atoms in total. The van der Waals surface area contributed by atoms with Gasteiger partial charge in [-0.15, -0.1) is 0 Å². The van der Waals surface area contributed by atoms with E-state index in [1.807, 2.05) is 0 Å². The fourth-order valence-electron chi connectivity index (χ4n) is 1.43. The monoisotopic (exact) mass is 250 g/mol. The molecule has 0 aliphatic heterocycles. The van der Waals surface area contributed by atoms with Crippen LogP contribution in [-0.4, -0.2) is 29.3 Å². The molecule has 0 radical (unpaired) electrons. The predicted octanol–water partition coefficient (Wildman–Crippen LogP) is 1.17. The number of hydrogen-bond donors (Lipinski definition) is 4. The smallest absolute Gasteiger partial charge is 0.203 e. The molecule has 96 valence electrons. The van der Waals surface area contributed by atoms with E-state index in [4.69, 9.17) is 15.9 Å². The Balaban J connectivity index is 3.11. The molecular weight excluding hydrogens is 236 g/mol. The minimum atomic E-state index is -0.427. The van der Waals surface area contributed by atoms with Crippen LogP contribution in [0.1, 0.15) is 16.8 Å². The maximum Gasteiger partial charge on any atom is 0.203 e. The van der Waals surface area contributed by atoms with Gasteiger partial charge in [-0.05, 0) is 23.9 Å². The first-order chi connectivity index (χ1) is 8.54. The van der Waals surface area contributed by atoms with Crippen molar-refractivity contribution in [3.8, 4) is 17.2 Å². The number of aromatic hydroxyl groups is 2. The average Bonchev–Trinajstić information content (AvgIpc) is 2.36. The van der Waals surface area contributed by atoms with Crippen LogP contribution < -0.4 is 10.5 Å². The number of nitrogens with one attached hydrogen (secondary N) is 1. The quantitative estimate of drug-likeness (QED) is 0.462. The Morgan fingerprint density at radius 2 is 2.17 bits per heavy atom. The lowest BCUT2D eigenvalue weighted by molar-refractivity contribution is 0.0991. The zero-order chi connectivity index (χ0) is 13.7. The number of benzene rings is 1. The Morgan fingerprint density at radius 3 is 2.67 bits per heavy atom. The van der Waals surface area contributed by atoms with Gasteiger partial charge in [0, 0.05) is 12.6 Å². The Labute approximate surface area is 104 Å². The fraction of sp³-hybridized carbons (Fsp3) is 0.167. The number of Topliss-reactive ketones (excluding diaryl/α,β-unsaturated/α-hetero) is 1. The van der Waals surface area contributed by atoms with Crippen molar-refractivity contribution in [2.45, 2.75) is 6.42 Å². The summed E-state index contributed by atoms with van der Waals surface area (Å²) in [4.78, 5) is 11.9. The third kappa shape index (κ3) is 2.60. The molecule has 0 spiro atoms. The number of carbonyl (C=O) groups excluding carboxylic acids is 1. The molecule has 0 saturated carbocycles. The molecule has 0 aromatic heterocycles. The average molecular weight is 250 g/mol. The van der Waals surface area contributed by atoms with Gasteiger partial charge in [-0.3, -0.25) is 4.79 Å². The molecule has 1 aromatic rings. The highest BCUT2D eigenvalue weighted by atomic mass is 16.5. The summed E-state index contributed by atoms with van der Waals surface area (Å²) >= 11 is 0. The lowest BCUT2D eigenvalue weighted by Gasteiger charge is -2.09. The Hall–Kier alpha value is -2.50. The molecule has 0 bridgehead atoms. The van der Waals surface area contributed by atoms with Gasteiger partial charge in [0.05, 0.1) is 12.7 Å². The first-order valence-electron chi connectivity index (χ1n) is 5.08. The third-order valence-electron chi connectivity index (χ3n) is 2.38. The Kier molecular flexibility index (Phi) is 4.31. The molecule has 0 saturated heterocycles. The van der Waals surface area contributed by atoms with Gasteiger partial charge in [-0.2, -0.15) is 0 Å². The first kappa shape index (κ1) is 13.6. The van der Waals surface area contributed by atoms with E-state index in [9.17, 15) is 15.0 Å². The van der Waals surface area contributed by atoms with E-state index < -0.39 is 11.5 Å². The summed E-state index contributed by atoms with van der Waals surface area (Å²) in [7, 11) is 1.27. The molecule has 0 aliphatic carbocycles. The standard InChI is InChI=1S/C12H14N2O4/c1-18-12-9(15)3-2-8(11(12)17)10(16)4-7(5-13)6-14/h2-3,5-6,13,15,17H,4,14H2,1H3/b7-6-,13-5?. The second kappa shape index (κ2) is 5.72. The summed E-state index contributed by atoms with van der Waals surface area (Å²) in [5, 5.41) is 26.2. The third-order valence-corrected chi connectivity index (χ3v) is 2.38. The molecule has 18 heavy (non-hydrogen) atoms. The molecule has 0 amide bonds. The van der Waals surface area contributed by atoms with Gasteiger partial charge in [-0.25, -0.2) is 0 Å². The number of methoxy groups -OCH3 is 1. The predicted molar refractivity (Wildman–Crippen MR) is 66.3 cm³/mol. The van der Waals surface area contributed by atoms with Crippen molar-refractivity contribution in [3.05, 3.63) is 29.5 Å². The van der Waals surface area contributed by atoms with Gasteiger partial charge in [0.2, 0.25) is 5.75 Å². The van der Waals surface area contributed by atoms with Gasteiger partial charge < -0.3 is 26.1 Å². The van der Waals surface area contributed by atoms with Gasteiger partial charge in [-0.1, -0.05) is 0 Å². The molecule has 1 rings (SSSR count). The van der Waals surface area contributed by atoms with E-state index in [1.54, 1.807) is 0 Å². The van der Waals surface area contributed by atoms with Crippen LogP contribution >= 0.6 is 0 Å². The topological polar surface area (TPSA) is 117 Å². The molecule has 6 heteroatoms. The van der Waals surface area contributed by atoms with E-state index in [-0.39, 0.29) is 23.5 Å². The second-order valence-electron chi connectivity index (χ2n) is 3.50.